The molecule has 2 aliphatic heterocycles. The van der Waals surface area contributed by atoms with Crippen molar-refractivity contribution in [1.29, 1.82) is 0 Å². The Morgan fingerprint density at radius 1 is 1.20 bits per heavy atom. The van der Waals surface area contributed by atoms with Gasteiger partial charge in [-0.1, -0.05) is 6.07 Å². The van der Waals surface area contributed by atoms with E-state index in [-0.39, 0.29) is 17.9 Å². The predicted molar refractivity (Wildman–Crippen MR) is 102 cm³/mol. The van der Waals surface area contributed by atoms with E-state index in [1.807, 2.05) is 38.2 Å². The van der Waals surface area contributed by atoms with Crippen LogP contribution in [0, 0.1) is 0 Å². The number of thiophene rings is 1. The van der Waals surface area contributed by atoms with Crippen molar-refractivity contribution in [3.63, 3.8) is 0 Å². The Balaban J connectivity index is 1.66. The number of amides is 2. The molecular formula is C18H15N3O2S2. The lowest BCUT2D eigenvalue weighted by Gasteiger charge is -2.15. The van der Waals surface area contributed by atoms with Crippen molar-refractivity contribution in [3.8, 4) is 10.4 Å². The Labute approximate surface area is 154 Å². The zero-order chi connectivity index (χ0) is 17.7. The van der Waals surface area contributed by atoms with Crippen molar-refractivity contribution in [2.75, 3.05) is 7.05 Å². The largest absolute Gasteiger partial charge is 0.335 e. The number of fused-ring (bicyclic) bond motifs is 1. The van der Waals surface area contributed by atoms with Crippen LogP contribution in [0.5, 0.6) is 0 Å². The summed E-state index contributed by atoms with van der Waals surface area (Å²) >= 11 is 6.52. The molecule has 1 unspecified atom stereocenters. The van der Waals surface area contributed by atoms with Crippen LogP contribution in [0.1, 0.15) is 33.8 Å². The number of nitrogens with zero attached hydrogens (tertiary/aromatic N) is 1. The summed E-state index contributed by atoms with van der Waals surface area (Å²) in [7, 11) is 1.83. The van der Waals surface area contributed by atoms with Gasteiger partial charge in [0.05, 0.1) is 6.04 Å². The standard InChI is InChI=1S/C18H15N3O2S2/c1-9-13-7-10(3-5-12(13)17(23)21(9)2)15-6-4-11(25-15)8-14-16(22)20-18(24)19-14/h3-9H,1-2H3,(H2,19,20,22,24)/b14-8-. The second-order valence-corrected chi connectivity index (χ2v) is 7.59. The number of hydrogen-bond acceptors (Lipinski definition) is 4. The highest BCUT2D eigenvalue weighted by Crippen LogP contribution is 2.37. The number of carbonyl (C=O) groups is 2. The fourth-order valence-corrected chi connectivity index (χ4v) is 4.19. The van der Waals surface area contributed by atoms with Gasteiger partial charge < -0.3 is 10.2 Å². The molecule has 0 spiro atoms. The highest BCUT2D eigenvalue weighted by Gasteiger charge is 2.31. The van der Waals surface area contributed by atoms with Crippen molar-refractivity contribution in [2.24, 2.45) is 0 Å². The summed E-state index contributed by atoms with van der Waals surface area (Å²) in [5, 5.41) is 5.72. The number of benzene rings is 1. The molecule has 0 bridgehead atoms. The van der Waals surface area contributed by atoms with Crippen molar-refractivity contribution >= 4 is 46.6 Å². The number of nitrogens with one attached hydrogen (secondary N) is 2. The van der Waals surface area contributed by atoms with E-state index in [0.29, 0.717) is 10.8 Å². The molecule has 0 aliphatic carbocycles. The Hall–Kier alpha value is -2.51. The average molecular weight is 369 g/mol. The van der Waals surface area contributed by atoms with Crippen LogP contribution in [-0.4, -0.2) is 28.9 Å². The summed E-state index contributed by atoms with van der Waals surface area (Å²) in [4.78, 5) is 27.7. The third kappa shape index (κ3) is 2.65. The zero-order valence-corrected chi connectivity index (χ0v) is 15.3. The van der Waals surface area contributed by atoms with E-state index in [4.69, 9.17) is 12.2 Å². The molecule has 2 N–H and O–H groups in total. The van der Waals surface area contributed by atoms with E-state index >= 15 is 0 Å². The van der Waals surface area contributed by atoms with Crippen LogP contribution in [0.2, 0.25) is 0 Å². The molecular weight excluding hydrogens is 354 g/mol. The van der Waals surface area contributed by atoms with Crippen LogP contribution in [0.25, 0.3) is 16.5 Å². The van der Waals surface area contributed by atoms with Crippen LogP contribution >= 0.6 is 23.6 Å². The van der Waals surface area contributed by atoms with Gasteiger partial charge in [-0.3, -0.25) is 14.9 Å². The van der Waals surface area contributed by atoms with E-state index in [0.717, 1.165) is 26.4 Å². The third-order valence-corrected chi connectivity index (χ3v) is 5.84. The van der Waals surface area contributed by atoms with Crippen molar-refractivity contribution < 1.29 is 9.59 Å². The van der Waals surface area contributed by atoms with E-state index in [2.05, 4.69) is 16.7 Å². The predicted octanol–water partition coefficient (Wildman–Crippen LogP) is 2.91. The molecule has 25 heavy (non-hydrogen) atoms. The smallest absolute Gasteiger partial charge is 0.273 e. The summed E-state index contributed by atoms with van der Waals surface area (Å²) in [6.07, 6.45) is 1.79. The van der Waals surface area contributed by atoms with Gasteiger partial charge in [-0.2, -0.15) is 0 Å². The Bertz CT molecular complexity index is 961. The maximum atomic E-state index is 12.2. The monoisotopic (exact) mass is 369 g/mol. The molecule has 1 saturated heterocycles. The van der Waals surface area contributed by atoms with Gasteiger partial charge in [-0.25, -0.2) is 0 Å². The summed E-state index contributed by atoms with van der Waals surface area (Å²) in [6, 6.07) is 10.0. The number of rotatable bonds is 2. The minimum atomic E-state index is -0.215. The molecule has 4 rings (SSSR count). The molecule has 2 aliphatic rings. The fraction of sp³-hybridized carbons (Fsp3) is 0.167. The SMILES string of the molecule is CC1c2cc(-c3ccc(/C=C4\NC(=S)NC4=O)s3)ccc2C(=O)N1C. The van der Waals surface area contributed by atoms with Crippen molar-refractivity contribution in [2.45, 2.75) is 13.0 Å². The normalized spacial score (nSPS) is 20.9. The first kappa shape index (κ1) is 16.0. The molecule has 0 radical (unpaired) electrons. The Morgan fingerprint density at radius 3 is 2.72 bits per heavy atom. The second kappa shape index (κ2) is 5.79. The lowest BCUT2D eigenvalue weighted by Crippen LogP contribution is -2.21. The van der Waals surface area contributed by atoms with Crippen LogP contribution in [0.3, 0.4) is 0 Å². The molecule has 2 aromatic rings. The van der Waals surface area contributed by atoms with Gasteiger partial charge >= 0.3 is 0 Å². The van der Waals surface area contributed by atoms with Gasteiger partial charge in [0, 0.05) is 22.4 Å². The van der Waals surface area contributed by atoms with Crippen molar-refractivity contribution in [3.05, 3.63) is 52.0 Å². The average Bonchev–Trinajstić information content (AvgIpc) is 3.24. The number of hydrogen-bond donors (Lipinski definition) is 2. The molecule has 1 aromatic carbocycles. The zero-order valence-electron chi connectivity index (χ0n) is 13.6. The van der Waals surface area contributed by atoms with Gasteiger partial charge in [0.15, 0.2) is 5.11 Å². The molecule has 1 atom stereocenters. The Kier molecular flexibility index (Phi) is 3.70. The molecule has 3 heterocycles. The van der Waals surface area contributed by atoms with Gasteiger partial charge in [-0.15, -0.1) is 11.3 Å². The quantitative estimate of drug-likeness (QED) is 0.631. The maximum Gasteiger partial charge on any atom is 0.273 e. The minimum Gasteiger partial charge on any atom is -0.335 e. The van der Waals surface area contributed by atoms with Gasteiger partial charge in [0.25, 0.3) is 11.8 Å². The second-order valence-electron chi connectivity index (χ2n) is 6.06. The highest BCUT2D eigenvalue weighted by atomic mass is 32.1. The summed E-state index contributed by atoms with van der Waals surface area (Å²) in [6.45, 7) is 2.03. The first-order valence-electron chi connectivity index (χ1n) is 7.79. The first-order chi connectivity index (χ1) is 11.9. The molecule has 0 saturated carbocycles. The van der Waals surface area contributed by atoms with E-state index in [9.17, 15) is 9.59 Å². The maximum absolute atomic E-state index is 12.2. The van der Waals surface area contributed by atoms with E-state index in [1.165, 1.54) is 0 Å². The molecule has 5 nitrogen and oxygen atoms in total. The fourth-order valence-electron chi connectivity index (χ4n) is 3.04. The summed E-state index contributed by atoms with van der Waals surface area (Å²) in [5.41, 5.74) is 3.36. The number of thiocarbonyl (C=S) groups is 1. The van der Waals surface area contributed by atoms with E-state index in [1.54, 1.807) is 22.3 Å². The van der Waals surface area contributed by atoms with Crippen LogP contribution in [-0.2, 0) is 4.79 Å². The van der Waals surface area contributed by atoms with Crippen LogP contribution in [0.15, 0.2) is 36.0 Å². The van der Waals surface area contributed by atoms with Crippen LogP contribution in [0.4, 0.5) is 0 Å². The minimum absolute atomic E-state index is 0.0694. The molecule has 1 fully saturated rings. The number of carbonyl (C=O) groups excluding carboxylic acids is 2. The molecule has 1 aromatic heterocycles. The van der Waals surface area contributed by atoms with E-state index < -0.39 is 0 Å². The van der Waals surface area contributed by atoms with Crippen LogP contribution < -0.4 is 10.6 Å². The van der Waals surface area contributed by atoms with Crippen molar-refractivity contribution in [1.82, 2.24) is 15.5 Å². The van der Waals surface area contributed by atoms with Gasteiger partial charge in [-0.05, 0) is 60.6 Å². The highest BCUT2D eigenvalue weighted by molar-refractivity contribution is 7.80. The lowest BCUT2D eigenvalue weighted by atomic mass is 10.0. The summed E-state index contributed by atoms with van der Waals surface area (Å²) < 4.78 is 0. The first-order valence-corrected chi connectivity index (χ1v) is 9.02. The third-order valence-electron chi connectivity index (χ3n) is 4.55. The molecule has 2 amide bonds. The lowest BCUT2D eigenvalue weighted by molar-refractivity contribution is -0.115. The topological polar surface area (TPSA) is 61.4 Å². The summed E-state index contributed by atoms with van der Waals surface area (Å²) in [5.74, 6) is -0.146. The molecule has 7 heteroatoms. The van der Waals surface area contributed by atoms with Gasteiger partial charge in [0.1, 0.15) is 5.70 Å². The molecule has 126 valence electrons. The Morgan fingerprint density at radius 2 is 2.00 bits per heavy atom. The van der Waals surface area contributed by atoms with Gasteiger partial charge in [0.2, 0.25) is 0 Å².